The Morgan fingerprint density at radius 1 is 1.15 bits per heavy atom. The van der Waals surface area contributed by atoms with Gasteiger partial charge < -0.3 is 5.32 Å². The van der Waals surface area contributed by atoms with Gasteiger partial charge in [-0.3, -0.25) is 0 Å². The van der Waals surface area contributed by atoms with Crippen LogP contribution in [0.3, 0.4) is 0 Å². The SMILES string of the molecule is Fc1ccc(CC(CNC2CC2)Cc2cccs2)cc1. The van der Waals surface area contributed by atoms with Gasteiger partial charge in [0.25, 0.3) is 0 Å². The number of rotatable bonds is 7. The van der Waals surface area contributed by atoms with Crippen LogP contribution in [-0.2, 0) is 12.8 Å². The average molecular weight is 289 g/mol. The first kappa shape index (κ1) is 13.8. The van der Waals surface area contributed by atoms with Crippen molar-refractivity contribution in [3.8, 4) is 0 Å². The van der Waals surface area contributed by atoms with E-state index in [0.717, 1.165) is 25.4 Å². The molecule has 0 saturated heterocycles. The maximum atomic E-state index is 13.0. The molecule has 1 aliphatic rings. The number of hydrogen-bond donors (Lipinski definition) is 1. The summed E-state index contributed by atoms with van der Waals surface area (Å²) in [4.78, 5) is 1.44. The summed E-state index contributed by atoms with van der Waals surface area (Å²) in [5.74, 6) is 0.430. The fourth-order valence-electron chi connectivity index (χ4n) is 2.50. The molecule has 1 heterocycles. The summed E-state index contributed by atoms with van der Waals surface area (Å²) >= 11 is 1.83. The van der Waals surface area contributed by atoms with Gasteiger partial charge in [-0.05, 0) is 67.3 Å². The van der Waals surface area contributed by atoms with Crippen molar-refractivity contribution in [2.75, 3.05) is 6.54 Å². The molecule has 1 aliphatic carbocycles. The first-order valence-electron chi connectivity index (χ1n) is 7.30. The van der Waals surface area contributed by atoms with Gasteiger partial charge in [0.05, 0.1) is 0 Å². The lowest BCUT2D eigenvalue weighted by atomic mass is 9.95. The highest BCUT2D eigenvalue weighted by Gasteiger charge is 2.22. The van der Waals surface area contributed by atoms with Crippen LogP contribution in [0.4, 0.5) is 4.39 Å². The molecular weight excluding hydrogens is 269 g/mol. The third kappa shape index (κ3) is 4.15. The van der Waals surface area contributed by atoms with E-state index in [-0.39, 0.29) is 5.82 Å². The van der Waals surface area contributed by atoms with Crippen LogP contribution in [0.5, 0.6) is 0 Å². The van der Waals surface area contributed by atoms with Crippen molar-refractivity contribution in [1.82, 2.24) is 5.32 Å². The molecule has 0 radical (unpaired) electrons. The first-order chi connectivity index (χ1) is 9.79. The second kappa shape index (κ2) is 6.51. The highest BCUT2D eigenvalue weighted by molar-refractivity contribution is 7.09. The Morgan fingerprint density at radius 2 is 1.95 bits per heavy atom. The molecule has 1 unspecified atom stereocenters. The van der Waals surface area contributed by atoms with Gasteiger partial charge in [0.1, 0.15) is 5.82 Å². The van der Waals surface area contributed by atoms with Gasteiger partial charge in [-0.15, -0.1) is 11.3 Å². The number of nitrogens with one attached hydrogen (secondary N) is 1. The van der Waals surface area contributed by atoms with E-state index in [9.17, 15) is 4.39 Å². The van der Waals surface area contributed by atoms with Crippen LogP contribution in [0.15, 0.2) is 41.8 Å². The van der Waals surface area contributed by atoms with Gasteiger partial charge in [-0.1, -0.05) is 18.2 Å². The Labute approximate surface area is 123 Å². The topological polar surface area (TPSA) is 12.0 Å². The third-order valence-corrected chi connectivity index (χ3v) is 4.68. The van der Waals surface area contributed by atoms with Crippen LogP contribution in [0, 0.1) is 11.7 Å². The van der Waals surface area contributed by atoms with Crippen LogP contribution in [0.1, 0.15) is 23.3 Å². The lowest BCUT2D eigenvalue weighted by molar-refractivity contribution is 0.471. The molecule has 0 amide bonds. The fourth-order valence-corrected chi connectivity index (χ4v) is 3.33. The number of hydrogen-bond acceptors (Lipinski definition) is 2. The molecule has 0 spiro atoms. The molecule has 1 saturated carbocycles. The van der Waals surface area contributed by atoms with Crippen LogP contribution in [0.2, 0.25) is 0 Å². The second-order valence-corrected chi connectivity index (χ2v) is 6.69. The molecule has 0 bridgehead atoms. The van der Waals surface area contributed by atoms with Gasteiger partial charge in [0, 0.05) is 10.9 Å². The largest absolute Gasteiger partial charge is 0.314 e. The first-order valence-corrected chi connectivity index (χ1v) is 8.18. The quantitative estimate of drug-likeness (QED) is 0.811. The minimum Gasteiger partial charge on any atom is -0.314 e. The van der Waals surface area contributed by atoms with Crippen LogP contribution in [-0.4, -0.2) is 12.6 Å². The predicted molar refractivity (Wildman–Crippen MR) is 82.6 cm³/mol. The number of halogens is 1. The Morgan fingerprint density at radius 3 is 2.60 bits per heavy atom. The molecule has 2 aromatic rings. The summed E-state index contributed by atoms with van der Waals surface area (Å²) in [6, 6.07) is 12.0. The van der Waals surface area contributed by atoms with Gasteiger partial charge >= 0.3 is 0 Å². The van der Waals surface area contributed by atoms with Crippen molar-refractivity contribution in [3.05, 3.63) is 58.0 Å². The Hall–Kier alpha value is -1.19. The maximum absolute atomic E-state index is 13.0. The van der Waals surface area contributed by atoms with E-state index < -0.39 is 0 Å². The summed E-state index contributed by atoms with van der Waals surface area (Å²) in [6.45, 7) is 1.06. The van der Waals surface area contributed by atoms with Crippen molar-refractivity contribution in [2.45, 2.75) is 31.7 Å². The van der Waals surface area contributed by atoms with Crippen molar-refractivity contribution >= 4 is 11.3 Å². The molecule has 1 nitrogen and oxygen atoms in total. The second-order valence-electron chi connectivity index (χ2n) is 5.66. The highest BCUT2D eigenvalue weighted by atomic mass is 32.1. The van der Waals surface area contributed by atoms with Crippen molar-refractivity contribution < 1.29 is 4.39 Å². The van der Waals surface area contributed by atoms with Gasteiger partial charge in [-0.25, -0.2) is 4.39 Å². The monoisotopic (exact) mass is 289 g/mol. The molecule has 106 valence electrons. The highest BCUT2D eigenvalue weighted by Crippen LogP contribution is 2.22. The summed E-state index contributed by atoms with van der Waals surface area (Å²) in [7, 11) is 0. The van der Waals surface area contributed by atoms with Crippen LogP contribution < -0.4 is 5.32 Å². The van der Waals surface area contributed by atoms with E-state index in [1.165, 1.54) is 23.3 Å². The molecule has 1 N–H and O–H groups in total. The minimum atomic E-state index is -0.153. The number of benzene rings is 1. The lowest BCUT2D eigenvalue weighted by Crippen LogP contribution is -2.27. The minimum absolute atomic E-state index is 0.153. The zero-order valence-electron chi connectivity index (χ0n) is 11.5. The van der Waals surface area contributed by atoms with Gasteiger partial charge in [-0.2, -0.15) is 0 Å². The smallest absolute Gasteiger partial charge is 0.123 e. The summed E-state index contributed by atoms with van der Waals surface area (Å²) in [5, 5.41) is 5.77. The third-order valence-electron chi connectivity index (χ3n) is 3.78. The lowest BCUT2D eigenvalue weighted by Gasteiger charge is -2.17. The zero-order chi connectivity index (χ0) is 13.8. The molecule has 3 rings (SSSR count). The molecule has 20 heavy (non-hydrogen) atoms. The standard InChI is InChI=1S/C17H20FNS/c18-15-5-3-13(4-6-15)10-14(12-19-16-7-8-16)11-17-2-1-9-20-17/h1-6,9,14,16,19H,7-8,10-12H2. The molecule has 1 aromatic heterocycles. The summed E-state index contributed by atoms with van der Waals surface area (Å²) in [6.07, 6.45) is 4.76. The van der Waals surface area contributed by atoms with E-state index in [1.807, 2.05) is 23.5 Å². The van der Waals surface area contributed by atoms with Crippen molar-refractivity contribution in [1.29, 1.82) is 0 Å². The summed E-state index contributed by atoms with van der Waals surface area (Å²) < 4.78 is 13.0. The van der Waals surface area contributed by atoms with E-state index >= 15 is 0 Å². The van der Waals surface area contributed by atoms with Crippen molar-refractivity contribution in [2.24, 2.45) is 5.92 Å². The normalized spacial score (nSPS) is 16.2. The van der Waals surface area contributed by atoms with E-state index in [2.05, 4.69) is 22.8 Å². The maximum Gasteiger partial charge on any atom is 0.123 e. The number of thiophene rings is 1. The molecule has 3 heteroatoms. The Kier molecular flexibility index (Phi) is 4.48. The molecule has 1 aromatic carbocycles. The van der Waals surface area contributed by atoms with E-state index in [4.69, 9.17) is 0 Å². The van der Waals surface area contributed by atoms with Crippen molar-refractivity contribution in [3.63, 3.8) is 0 Å². The molecular formula is C17H20FNS. The zero-order valence-corrected chi connectivity index (χ0v) is 12.3. The molecule has 0 aliphatic heterocycles. The van der Waals surface area contributed by atoms with E-state index in [0.29, 0.717) is 5.92 Å². The van der Waals surface area contributed by atoms with Gasteiger partial charge in [0.2, 0.25) is 0 Å². The molecule has 1 atom stereocenters. The Balaban J connectivity index is 1.61. The average Bonchev–Trinajstić information content (AvgIpc) is 3.15. The Bertz CT molecular complexity index is 516. The van der Waals surface area contributed by atoms with Crippen LogP contribution >= 0.6 is 11.3 Å². The van der Waals surface area contributed by atoms with E-state index in [1.54, 1.807) is 12.1 Å². The predicted octanol–water partition coefficient (Wildman–Crippen LogP) is 4.04. The van der Waals surface area contributed by atoms with Gasteiger partial charge in [0.15, 0.2) is 0 Å². The summed E-state index contributed by atoms with van der Waals surface area (Å²) in [5.41, 5.74) is 1.23. The fraction of sp³-hybridized carbons (Fsp3) is 0.412. The van der Waals surface area contributed by atoms with Crippen LogP contribution in [0.25, 0.3) is 0 Å². The molecule has 1 fully saturated rings.